The quantitative estimate of drug-likeness (QED) is 0.181. The Balaban J connectivity index is 1.01. The highest BCUT2D eigenvalue weighted by atomic mass is 32.1. The van der Waals surface area contributed by atoms with Crippen LogP contribution in [0.1, 0.15) is 49.9 Å². The van der Waals surface area contributed by atoms with Crippen LogP contribution in [0.2, 0.25) is 0 Å². The van der Waals surface area contributed by atoms with E-state index in [1.807, 2.05) is 18.2 Å². The molecule has 11 rings (SSSR count). The summed E-state index contributed by atoms with van der Waals surface area (Å²) in [6.07, 6.45) is 0. The summed E-state index contributed by atoms with van der Waals surface area (Å²) in [5.74, 6) is 0.749. The first kappa shape index (κ1) is 32.3. The Kier molecular flexibility index (Phi) is 6.85. The molecule has 3 heteroatoms. The second-order valence-electron chi connectivity index (χ2n) is 16.2. The smallest absolute Gasteiger partial charge is 0.160 e. The van der Waals surface area contributed by atoms with Gasteiger partial charge in [-0.2, -0.15) is 0 Å². The van der Waals surface area contributed by atoms with Crippen molar-refractivity contribution in [2.45, 2.75) is 38.5 Å². The van der Waals surface area contributed by atoms with Gasteiger partial charge in [-0.1, -0.05) is 149 Å². The van der Waals surface area contributed by atoms with E-state index in [0.29, 0.717) is 0 Å². The van der Waals surface area contributed by atoms with Gasteiger partial charge in [0, 0.05) is 32.0 Å². The van der Waals surface area contributed by atoms with Crippen molar-refractivity contribution in [2.24, 2.45) is 0 Å². The maximum Gasteiger partial charge on any atom is 0.160 e. The summed E-state index contributed by atoms with van der Waals surface area (Å²) in [7, 11) is 0. The number of hydrogen-bond acceptors (Lipinski definition) is 3. The minimum atomic E-state index is -0.0800. The Morgan fingerprint density at radius 2 is 0.945 bits per heavy atom. The normalized spacial score (nSPS) is 14.5. The number of rotatable bonds is 4. The summed E-state index contributed by atoms with van der Waals surface area (Å²) >= 11 is 1.77. The topological polar surface area (TPSA) is 25.8 Å². The number of nitrogens with zero attached hydrogens (tertiary/aromatic N) is 2. The van der Waals surface area contributed by atoms with E-state index >= 15 is 0 Å². The number of aromatic nitrogens is 2. The van der Waals surface area contributed by atoms with Crippen LogP contribution in [-0.4, -0.2) is 9.97 Å². The van der Waals surface area contributed by atoms with E-state index in [1.165, 1.54) is 76.8 Å². The maximum atomic E-state index is 5.24. The number of thiophene rings is 1. The van der Waals surface area contributed by atoms with E-state index in [1.54, 1.807) is 11.3 Å². The molecule has 0 bridgehead atoms. The summed E-state index contributed by atoms with van der Waals surface area (Å²) in [6.45, 7) is 9.52. The van der Waals surface area contributed by atoms with Crippen LogP contribution >= 0.6 is 11.3 Å². The summed E-state index contributed by atoms with van der Waals surface area (Å²) < 4.78 is 2.34. The first-order valence-corrected chi connectivity index (χ1v) is 20.0. The van der Waals surface area contributed by atoms with E-state index in [0.717, 1.165) is 32.9 Å². The van der Waals surface area contributed by atoms with Gasteiger partial charge in [0.25, 0.3) is 0 Å². The zero-order chi connectivity index (χ0) is 37.1. The zero-order valence-electron chi connectivity index (χ0n) is 31.3. The van der Waals surface area contributed by atoms with Crippen molar-refractivity contribution in [3.8, 4) is 67.2 Å². The molecular formula is C52H38N2S. The SMILES string of the molecule is CC1(C)c2ccccc2-c2cc3c(cc21)-c1cc(-c2cccc(-c4cccc(-c5nc(-c6ccccc6)nc6c5sc5ccccc56)c4)c2)ccc1C3(C)C. The third-order valence-corrected chi connectivity index (χ3v) is 13.5. The van der Waals surface area contributed by atoms with Gasteiger partial charge in [-0.25, -0.2) is 9.97 Å². The van der Waals surface area contributed by atoms with Crippen molar-refractivity contribution < 1.29 is 0 Å². The molecule has 0 aliphatic heterocycles. The van der Waals surface area contributed by atoms with Crippen molar-refractivity contribution in [3.63, 3.8) is 0 Å². The number of hydrogen-bond donors (Lipinski definition) is 0. The Morgan fingerprint density at radius 1 is 0.400 bits per heavy atom. The zero-order valence-corrected chi connectivity index (χ0v) is 32.1. The number of fused-ring (bicyclic) bond motifs is 9. The molecule has 0 saturated heterocycles. The third kappa shape index (κ3) is 4.79. The highest BCUT2D eigenvalue weighted by molar-refractivity contribution is 7.26. The van der Waals surface area contributed by atoms with Gasteiger partial charge in [-0.3, -0.25) is 0 Å². The Morgan fingerprint density at radius 3 is 1.69 bits per heavy atom. The molecule has 2 heterocycles. The Labute approximate surface area is 325 Å². The van der Waals surface area contributed by atoms with Gasteiger partial charge < -0.3 is 0 Å². The number of benzene rings is 7. The molecule has 2 aromatic heterocycles. The predicted molar refractivity (Wildman–Crippen MR) is 232 cm³/mol. The molecule has 0 unspecified atom stereocenters. The molecule has 55 heavy (non-hydrogen) atoms. The van der Waals surface area contributed by atoms with Gasteiger partial charge in [0.1, 0.15) is 0 Å². The van der Waals surface area contributed by atoms with Gasteiger partial charge in [-0.05, 0) is 103 Å². The fourth-order valence-electron chi connectivity index (χ4n) is 9.35. The molecule has 0 spiro atoms. The fraction of sp³-hybridized carbons (Fsp3) is 0.115. The third-order valence-electron chi connectivity index (χ3n) is 12.3. The van der Waals surface area contributed by atoms with E-state index in [9.17, 15) is 0 Å². The standard InChI is InChI=1S/C52H38N2S/c1-51(2)42-22-10-8-20-37(42)40-29-45-41(30-44(40)51)39-28-35(24-25-43(39)52(45,3)4)33-17-12-16-32(26-33)34-18-13-19-36(27-34)47-49-48(38-21-9-11-23-46(38)55-49)54-50(53-47)31-14-6-5-7-15-31/h5-30H,1-4H3. The van der Waals surface area contributed by atoms with E-state index < -0.39 is 0 Å². The van der Waals surface area contributed by atoms with E-state index in [-0.39, 0.29) is 10.8 Å². The molecule has 0 amide bonds. The van der Waals surface area contributed by atoms with E-state index in [2.05, 4.69) is 167 Å². The van der Waals surface area contributed by atoms with Crippen molar-refractivity contribution >= 4 is 31.6 Å². The lowest BCUT2D eigenvalue weighted by atomic mass is 9.79. The molecule has 2 aliphatic rings. The molecular weight excluding hydrogens is 685 g/mol. The van der Waals surface area contributed by atoms with Crippen LogP contribution in [0.25, 0.3) is 87.5 Å². The predicted octanol–water partition coefficient (Wildman–Crippen LogP) is 14.1. The largest absolute Gasteiger partial charge is 0.226 e. The van der Waals surface area contributed by atoms with Crippen molar-refractivity contribution in [3.05, 3.63) is 180 Å². The van der Waals surface area contributed by atoms with Gasteiger partial charge >= 0.3 is 0 Å². The van der Waals surface area contributed by atoms with Crippen LogP contribution < -0.4 is 0 Å². The van der Waals surface area contributed by atoms with Crippen LogP contribution in [-0.2, 0) is 10.8 Å². The summed E-state index contributed by atoms with van der Waals surface area (Å²) in [4.78, 5) is 10.4. The minimum absolute atomic E-state index is 0.0357. The summed E-state index contributed by atoms with van der Waals surface area (Å²) in [5.41, 5.74) is 19.9. The van der Waals surface area contributed by atoms with Gasteiger partial charge in [0.05, 0.1) is 15.9 Å². The lowest BCUT2D eigenvalue weighted by Gasteiger charge is -2.24. The molecule has 0 saturated carbocycles. The van der Waals surface area contributed by atoms with Crippen molar-refractivity contribution in [1.82, 2.24) is 9.97 Å². The highest BCUT2D eigenvalue weighted by Crippen LogP contribution is 2.56. The van der Waals surface area contributed by atoms with Gasteiger partial charge in [0.2, 0.25) is 0 Å². The monoisotopic (exact) mass is 722 g/mol. The van der Waals surface area contributed by atoms with Crippen LogP contribution in [0, 0.1) is 0 Å². The highest BCUT2D eigenvalue weighted by Gasteiger charge is 2.41. The maximum absolute atomic E-state index is 5.24. The average molecular weight is 723 g/mol. The van der Waals surface area contributed by atoms with Crippen LogP contribution in [0.4, 0.5) is 0 Å². The summed E-state index contributed by atoms with van der Waals surface area (Å²) in [6, 6.07) is 57.8. The summed E-state index contributed by atoms with van der Waals surface area (Å²) in [5, 5.41) is 1.17. The van der Waals surface area contributed by atoms with Gasteiger partial charge in [0.15, 0.2) is 5.82 Å². The molecule has 2 nitrogen and oxygen atoms in total. The van der Waals surface area contributed by atoms with Crippen LogP contribution in [0.15, 0.2) is 158 Å². The molecule has 262 valence electrons. The second kappa shape index (κ2) is 11.7. The van der Waals surface area contributed by atoms with Crippen LogP contribution in [0.5, 0.6) is 0 Å². The molecule has 0 N–H and O–H groups in total. The first-order chi connectivity index (χ1) is 26.8. The molecule has 7 aromatic carbocycles. The molecule has 9 aromatic rings. The van der Waals surface area contributed by atoms with Gasteiger partial charge in [-0.15, -0.1) is 11.3 Å². The van der Waals surface area contributed by atoms with Crippen molar-refractivity contribution in [1.29, 1.82) is 0 Å². The average Bonchev–Trinajstić information content (AvgIpc) is 3.79. The van der Waals surface area contributed by atoms with E-state index in [4.69, 9.17) is 9.97 Å². The Hall–Kier alpha value is -6.16. The minimum Gasteiger partial charge on any atom is -0.226 e. The lowest BCUT2D eigenvalue weighted by Crippen LogP contribution is -2.16. The fourth-order valence-corrected chi connectivity index (χ4v) is 10.5. The Bertz CT molecular complexity index is 3040. The molecule has 0 atom stereocenters. The molecule has 2 aliphatic carbocycles. The first-order valence-electron chi connectivity index (χ1n) is 19.2. The molecule has 0 radical (unpaired) electrons. The van der Waals surface area contributed by atoms with Crippen molar-refractivity contribution in [2.75, 3.05) is 0 Å². The second-order valence-corrected chi connectivity index (χ2v) is 17.3. The van der Waals surface area contributed by atoms with Crippen LogP contribution in [0.3, 0.4) is 0 Å². The molecule has 0 fully saturated rings. The lowest BCUT2D eigenvalue weighted by molar-refractivity contribution is 0.652.